The third-order valence-electron chi connectivity index (χ3n) is 6.63. The van der Waals surface area contributed by atoms with E-state index in [-0.39, 0.29) is 37.6 Å². The summed E-state index contributed by atoms with van der Waals surface area (Å²) >= 11 is 1.17. The minimum atomic E-state index is -1.52. The SMILES string of the molecule is CC(C)(O)CO.Cc1c(-n2nccn2)sc2c1c(=O)n(C(C)(C)C(=O)NC(C)C)c(=O)n2CCc1cc(F)ccc1OCC#N. The normalized spacial score (nSPS) is 11.7. The molecule has 0 fully saturated rings. The number of nitriles is 1. The van der Waals surface area contributed by atoms with Crippen LogP contribution in [0.25, 0.3) is 15.2 Å². The first-order valence-electron chi connectivity index (χ1n) is 14.1. The van der Waals surface area contributed by atoms with Crippen LogP contribution in [0.1, 0.15) is 52.7 Å². The number of nitrogens with one attached hydrogen (secondary N) is 1. The monoisotopic (exact) mass is 643 g/mol. The maximum absolute atomic E-state index is 14.1. The number of benzene rings is 1. The Kier molecular flexibility index (Phi) is 11.0. The molecule has 3 N–H and O–H groups in total. The summed E-state index contributed by atoms with van der Waals surface area (Å²) in [7, 11) is 0. The number of rotatable bonds is 10. The number of hydrogen-bond donors (Lipinski definition) is 3. The van der Waals surface area contributed by atoms with Crippen LogP contribution >= 0.6 is 11.3 Å². The summed E-state index contributed by atoms with van der Waals surface area (Å²) in [6, 6.07) is 5.61. The van der Waals surface area contributed by atoms with E-state index in [0.717, 1.165) is 4.57 Å². The summed E-state index contributed by atoms with van der Waals surface area (Å²) in [5.41, 5.74) is -2.71. The number of thiophene rings is 1. The average molecular weight is 644 g/mol. The fraction of sp³-hybridized carbons (Fsp3) is 0.467. The Morgan fingerprint density at radius 2 is 1.82 bits per heavy atom. The highest BCUT2D eigenvalue weighted by molar-refractivity contribution is 7.21. The van der Waals surface area contributed by atoms with Crippen LogP contribution in [0.5, 0.6) is 5.75 Å². The number of carbonyl (C=O) groups is 1. The number of fused-ring (bicyclic) bond motifs is 1. The molecular formula is C30H38FN7O6S. The number of halogens is 1. The lowest BCUT2D eigenvalue weighted by Gasteiger charge is -2.27. The summed E-state index contributed by atoms with van der Waals surface area (Å²) in [6.45, 7) is 11.1. The molecular weight excluding hydrogens is 605 g/mol. The second-order valence-electron chi connectivity index (χ2n) is 11.7. The van der Waals surface area contributed by atoms with Crippen molar-refractivity contribution in [3.05, 3.63) is 68.4 Å². The maximum atomic E-state index is 14.1. The van der Waals surface area contributed by atoms with Gasteiger partial charge in [0.25, 0.3) is 5.56 Å². The Bertz CT molecular complexity index is 1810. The zero-order valence-corrected chi connectivity index (χ0v) is 27.1. The zero-order chi connectivity index (χ0) is 33.7. The van der Waals surface area contributed by atoms with E-state index < -0.39 is 34.1 Å². The second kappa shape index (κ2) is 14.1. The Labute approximate surface area is 263 Å². The van der Waals surface area contributed by atoms with Gasteiger partial charge in [-0.25, -0.2) is 13.8 Å². The van der Waals surface area contributed by atoms with Crippen LogP contribution in [0.3, 0.4) is 0 Å². The smallest absolute Gasteiger partial charge is 0.333 e. The molecule has 3 aromatic heterocycles. The van der Waals surface area contributed by atoms with Crippen molar-refractivity contribution in [2.45, 2.75) is 78.6 Å². The Morgan fingerprint density at radius 1 is 1.20 bits per heavy atom. The van der Waals surface area contributed by atoms with Gasteiger partial charge in [0.2, 0.25) is 5.91 Å². The Morgan fingerprint density at radius 3 is 2.38 bits per heavy atom. The van der Waals surface area contributed by atoms with Crippen LogP contribution in [0.4, 0.5) is 4.39 Å². The van der Waals surface area contributed by atoms with Crippen LogP contribution in [-0.2, 0) is 23.3 Å². The molecule has 0 aliphatic rings. The van der Waals surface area contributed by atoms with Crippen molar-refractivity contribution in [2.24, 2.45) is 0 Å². The van der Waals surface area contributed by atoms with Gasteiger partial charge in [-0.1, -0.05) is 11.3 Å². The summed E-state index contributed by atoms with van der Waals surface area (Å²) in [4.78, 5) is 42.7. The van der Waals surface area contributed by atoms with Crippen molar-refractivity contribution in [3.63, 3.8) is 0 Å². The van der Waals surface area contributed by atoms with Crippen molar-refractivity contribution in [1.29, 1.82) is 5.26 Å². The van der Waals surface area contributed by atoms with Crippen LogP contribution in [0, 0.1) is 24.1 Å². The molecule has 1 amide bonds. The molecule has 4 aromatic rings. The first-order chi connectivity index (χ1) is 21.0. The first-order valence-corrected chi connectivity index (χ1v) is 14.9. The number of aryl methyl sites for hydroxylation is 3. The number of nitrogens with zero attached hydrogens (tertiary/aromatic N) is 6. The molecule has 4 rings (SSSR count). The maximum Gasteiger partial charge on any atom is 0.333 e. The third kappa shape index (κ3) is 8.01. The summed E-state index contributed by atoms with van der Waals surface area (Å²) < 4.78 is 21.9. The predicted octanol–water partition coefficient (Wildman–Crippen LogP) is 2.41. The highest BCUT2D eigenvalue weighted by Gasteiger charge is 2.35. The van der Waals surface area contributed by atoms with Gasteiger partial charge in [-0.2, -0.15) is 15.5 Å². The molecule has 0 aliphatic heterocycles. The van der Waals surface area contributed by atoms with Gasteiger partial charge in [0.1, 0.15) is 33.0 Å². The van der Waals surface area contributed by atoms with E-state index in [0.29, 0.717) is 26.7 Å². The largest absolute Gasteiger partial charge is 0.478 e. The fourth-order valence-electron chi connectivity index (χ4n) is 4.30. The highest BCUT2D eigenvalue weighted by atomic mass is 32.1. The lowest BCUT2D eigenvalue weighted by Crippen LogP contribution is -2.56. The van der Waals surface area contributed by atoms with Crippen molar-refractivity contribution < 1.29 is 24.1 Å². The van der Waals surface area contributed by atoms with E-state index in [9.17, 15) is 18.8 Å². The number of aliphatic hydroxyl groups is 2. The van der Waals surface area contributed by atoms with Gasteiger partial charge in [0, 0.05) is 18.2 Å². The summed E-state index contributed by atoms with van der Waals surface area (Å²) in [5.74, 6) is -0.667. The third-order valence-corrected chi connectivity index (χ3v) is 7.91. The lowest BCUT2D eigenvalue weighted by molar-refractivity contribution is -0.129. The average Bonchev–Trinajstić information content (AvgIpc) is 3.60. The van der Waals surface area contributed by atoms with E-state index in [1.54, 1.807) is 34.6 Å². The molecule has 0 aliphatic carbocycles. The minimum absolute atomic E-state index is 0.0375. The van der Waals surface area contributed by atoms with Gasteiger partial charge in [0.15, 0.2) is 6.61 Å². The molecule has 3 heterocycles. The summed E-state index contributed by atoms with van der Waals surface area (Å²) in [6.07, 6.45) is 3.15. The first kappa shape index (κ1) is 35.1. The van der Waals surface area contributed by atoms with E-state index in [1.165, 1.54) is 65.1 Å². The molecule has 1 aromatic carbocycles. The van der Waals surface area contributed by atoms with Gasteiger partial charge in [0.05, 0.1) is 30.0 Å². The van der Waals surface area contributed by atoms with Crippen molar-refractivity contribution in [1.82, 2.24) is 29.4 Å². The van der Waals surface area contributed by atoms with Crippen molar-refractivity contribution in [2.75, 3.05) is 13.2 Å². The molecule has 15 heteroatoms. The van der Waals surface area contributed by atoms with Gasteiger partial charge in [-0.3, -0.25) is 14.2 Å². The number of aromatic nitrogens is 5. The molecule has 45 heavy (non-hydrogen) atoms. The molecule has 0 saturated heterocycles. The van der Waals surface area contributed by atoms with Crippen LogP contribution in [0.15, 0.2) is 40.2 Å². The Hall–Kier alpha value is -4.39. The molecule has 242 valence electrons. The van der Waals surface area contributed by atoms with Gasteiger partial charge < -0.3 is 20.3 Å². The van der Waals surface area contributed by atoms with Gasteiger partial charge in [-0.05, 0) is 78.6 Å². The fourth-order valence-corrected chi connectivity index (χ4v) is 5.54. The highest BCUT2D eigenvalue weighted by Crippen LogP contribution is 2.31. The molecule has 0 radical (unpaired) electrons. The topological polar surface area (TPSA) is 177 Å². The van der Waals surface area contributed by atoms with Gasteiger partial charge in [-0.15, -0.1) is 4.80 Å². The van der Waals surface area contributed by atoms with Crippen LogP contribution in [0.2, 0.25) is 0 Å². The number of aliphatic hydroxyl groups excluding tert-OH is 1. The van der Waals surface area contributed by atoms with E-state index >= 15 is 0 Å². The molecule has 0 saturated carbocycles. The zero-order valence-electron chi connectivity index (χ0n) is 26.3. The molecule has 13 nitrogen and oxygen atoms in total. The van der Waals surface area contributed by atoms with Crippen LogP contribution in [-0.4, -0.2) is 65.1 Å². The molecule has 0 atom stereocenters. The Balaban J connectivity index is 0.000000838. The lowest BCUT2D eigenvalue weighted by atomic mass is 10.0. The van der Waals surface area contributed by atoms with Gasteiger partial charge >= 0.3 is 5.69 Å². The number of ether oxygens (including phenoxy) is 1. The molecule has 0 spiro atoms. The quantitative estimate of drug-likeness (QED) is 0.234. The second-order valence-corrected chi connectivity index (χ2v) is 12.7. The molecule has 0 bridgehead atoms. The van der Waals surface area contributed by atoms with Crippen LogP contribution < -0.4 is 21.3 Å². The number of hydrogen-bond acceptors (Lipinski definition) is 10. The predicted molar refractivity (Wildman–Crippen MR) is 167 cm³/mol. The van der Waals surface area contributed by atoms with E-state index in [4.69, 9.17) is 20.2 Å². The minimum Gasteiger partial charge on any atom is -0.478 e. The summed E-state index contributed by atoms with van der Waals surface area (Å²) in [5, 5.41) is 37.6. The molecule has 0 unspecified atom stereocenters. The number of amides is 1. The standard InChI is InChI=1S/C26H28FN7O4S.C4H10O2/c1-15(2)31-24(36)26(4,5)33-21(35)20-16(3)22(34-29-10-11-30-34)39-23(20)32(25(33)37)12-8-17-14-18(27)6-7-19(17)38-13-9-28;1-4(2,6)3-5/h6-7,10-11,14-15H,8,12-13H2,1-5H3,(H,31,36);5-6H,3H2,1-2H3. The van der Waals surface area contributed by atoms with Crippen molar-refractivity contribution in [3.8, 4) is 16.8 Å². The number of carbonyl (C=O) groups excluding carboxylic acids is 1. The van der Waals surface area contributed by atoms with E-state index in [2.05, 4.69) is 15.5 Å². The van der Waals surface area contributed by atoms with Crippen molar-refractivity contribution >= 4 is 27.5 Å². The van der Waals surface area contributed by atoms with E-state index in [1.807, 2.05) is 6.07 Å².